The van der Waals surface area contributed by atoms with Crippen molar-refractivity contribution >= 4 is 38.9 Å². The minimum Gasteiger partial charge on any atom is -0.369 e. The third-order valence-electron chi connectivity index (χ3n) is 6.53. The summed E-state index contributed by atoms with van der Waals surface area (Å²) in [5.74, 6) is 0.0816. The van der Waals surface area contributed by atoms with Gasteiger partial charge in [0.05, 0.1) is 6.04 Å². The summed E-state index contributed by atoms with van der Waals surface area (Å²) >= 11 is 1.26. The van der Waals surface area contributed by atoms with Crippen molar-refractivity contribution in [3.8, 4) is 17.3 Å². The van der Waals surface area contributed by atoms with Crippen LogP contribution in [-0.2, 0) is 0 Å². The van der Waals surface area contributed by atoms with E-state index in [1.807, 2.05) is 22.7 Å². The molecular formula is C25H23F2N7S. The normalized spacial score (nSPS) is 16.0. The molecule has 6 rings (SSSR count). The van der Waals surface area contributed by atoms with Crippen LogP contribution < -0.4 is 15.1 Å². The maximum absolute atomic E-state index is 15.3. The zero-order valence-electron chi connectivity index (χ0n) is 19.1. The quantitative estimate of drug-likeness (QED) is 0.432. The molecule has 1 saturated carbocycles. The molecular weight excluding hydrogens is 468 g/mol. The molecule has 1 saturated heterocycles. The fraction of sp³-hybridized carbons (Fsp3) is 0.320. The van der Waals surface area contributed by atoms with Crippen LogP contribution in [0.25, 0.3) is 22.2 Å². The van der Waals surface area contributed by atoms with Gasteiger partial charge in [0.25, 0.3) is 0 Å². The van der Waals surface area contributed by atoms with E-state index >= 15 is 4.39 Å². The highest BCUT2D eigenvalue weighted by atomic mass is 32.1. The molecule has 2 fully saturated rings. The van der Waals surface area contributed by atoms with Crippen LogP contribution in [0.5, 0.6) is 0 Å². The van der Waals surface area contributed by atoms with Gasteiger partial charge in [-0.25, -0.2) is 18.4 Å². The van der Waals surface area contributed by atoms with Crippen LogP contribution >= 0.6 is 11.3 Å². The average Bonchev–Trinajstić information content (AvgIpc) is 3.51. The summed E-state index contributed by atoms with van der Waals surface area (Å²) in [7, 11) is 1.87. The SMILES string of the molecule is CN(c1nc(-c2ccc(F)cc2)c(C#N)s1)c1c2cc(N3CCNCC3)cc(F)c2nn1C1CC1. The first-order valence-electron chi connectivity index (χ1n) is 11.6. The standard InChI is InChI=1S/C25H23F2N7S/c1-32(25-30-22(21(14-28)35-25)15-2-4-16(26)5-3-15)24-19-12-18(33-10-8-29-9-11-33)13-20(27)23(19)31-34(24)17-6-7-17/h2-5,12-13,17,29H,6-11H2,1H3. The molecule has 2 aliphatic rings. The largest absolute Gasteiger partial charge is 0.369 e. The number of nitrogens with zero attached hydrogens (tertiary/aromatic N) is 6. The molecule has 0 bridgehead atoms. The van der Waals surface area contributed by atoms with Gasteiger partial charge in [0.1, 0.15) is 33.8 Å². The summed E-state index contributed by atoms with van der Waals surface area (Å²) in [5.41, 5.74) is 2.36. The van der Waals surface area contributed by atoms with Crippen molar-refractivity contribution < 1.29 is 8.78 Å². The Morgan fingerprint density at radius 3 is 2.57 bits per heavy atom. The number of hydrogen-bond donors (Lipinski definition) is 1. The Balaban J connectivity index is 1.47. The van der Waals surface area contributed by atoms with Crippen molar-refractivity contribution in [2.24, 2.45) is 0 Å². The van der Waals surface area contributed by atoms with Crippen molar-refractivity contribution in [3.63, 3.8) is 0 Å². The van der Waals surface area contributed by atoms with Crippen molar-refractivity contribution in [1.29, 1.82) is 5.26 Å². The number of anilines is 3. The van der Waals surface area contributed by atoms with Crippen LogP contribution in [0.15, 0.2) is 36.4 Å². The molecule has 2 aromatic heterocycles. The van der Waals surface area contributed by atoms with E-state index in [0.29, 0.717) is 26.8 Å². The van der Waals surface area contributed by atoms with Gasteiger partial charge in [-0.3, -0.25) is 0 Å². The van der Waals surface area contributed by atoms with E-state index in [-0.39, 0.29) is 17.7 Å². The zero-order chi connectivity index (χ0) is 24.1. The van der Waals surface area contributed by atoms with Crippen LogP contribution in [0, 0.1) is 23.0 Å². The summed E-state index contributed by atoms with van der Waals surface area (Å²) in [6.45, 7) is 3.34. The number of hydrogen-bond acceptors (Lipinski definition) is 7. The van der Waals surface area contributed by atoms with Crippen molar-refractivity contribution in [2.75, 3.05) is 43.0 Å². The first-order chi connectivity index (χ1) is 17.0. The molecule has 1 aliphatic carbocycles. The molecule has 35 heavy (non-hydrogen) atoms. The number of halogens is 2. The predicted octanol–water partition coefficient (Wildman–Crippen LogP) is 4.82. The molecule has 3 heterocycles. The molecule has 178 valence electrons. The third-order valence-corrected chi connectivity index (χ3v) is 7.56. The molecule has 4 aromatic rings. The first-order valence-corrected chi connectivity index (χ1v) is 12.4. The fourth-order valence-corrected chi connectivity index (χ4v) is 5.42. The van der Waals surface area contributed by atoms with Gasteiger partial charge in [-0.1, -0.05) is 11.3 Å². The molecule has 0 amide bonds. The summed E-state index contributed by atoms with van der Waals surface area (Å²) in [4.78, 5) is 9.26. The van der Waals surface area contributed by atoms with E-state index in [9.17, 15) is 9.65 Å². The summed E-state index contributed by atoms with van der Waals surface area (Å²) in [6.07, 6.45) is 1.98. The Kier molecular flexibility index (Phi) is 5.39. The fourth-order valence-electron chi connectivity index (χ4n) is 4.57. The number of aromatic nitrogens is 3. The first kappa shape index (κ1) is 21.9. The Hall–Kier alpha value is -3.55. The molecule has 10 heteroatoms. The van der Waals surface area contributed by atoms with E-state index in [2.05, 4.69) is 21.4 Å². The second kappa shape index (κ2) is 8.59. The Labute approximate surface area is 205 Å². The molecule has 1 aliphatic heterocycles. The van der Waals surface area contributed by atoms with Gasteiger partial charge in [-0.15, -0.1) is 0 Å². The number of thiazole rings is 1. The smallest absolute Gasteiger partial charge is 0.192 e. The number of rotatable bonds is 5. The van der Waals surface area contributed by atoms with E-state index < -0.39 is 0 Å². The van der Waals surface area contributed by atoms with Crippen LogP contribution in [0.3, 0.4) is 0 Å². The highest BCUT2D eigenvalue weighted by molar-refractivity contribution is 7.16. The number of piperazine rings is 1. The van der Waals surface area contributed by atoms with Crippen molar-refractivity contribution in [1.82, 2.24) is 20.1 Å². The van der Waals surface area contributed by atoms with Crippen molar-refractivity contribution in [2.45, 2.75) is 18.9 Å². The van der Waals surface area contributed by atoms with E-state index in [1.165, 1.54) is 23.5 Å². The molecule has 1 N–H and O–H groups in total. The Morgan fingerprint density at radius 1 is 1.14 bits per heavy atom. The number of benzene rings is 2. The minimum atomic E-state index is -0.345. The maximum Gasteiger partial charge on any atom is 0.192 e. The lowest BCUT2D eigenvalue weighted by Gasteiger charge is -2.29. The van der Waals surface area contributed by atoms with Gasteiger partial charge in [0.15, 0.2) is 10.9 Å². The van der Waals surface area contributed by atoms with Gasteiger partial charge in [0.2, 0.25) is 0 Å². The van der Waals surface area contributed by atoms with Gasteiger partial charge >= 0.3 is 0 Å². The summed E-state index contributed by atoms with van der Waals surface area (Å²) < 4.78 is 30.6. The average molecular weight is 492 g/mol. The topological polar surface area (TPSA) is 73.0 Å². The molecule has 2 aromatic carbocycles. The zero-order valence-corrected chi connectivity index (χ0v) is 19.9. The van der Waals surface area contributed by atoms with E-state index in [1.54, 1.807) is 18.2 Å². The summed E-state index contributed by atoms with van der Waals surface area (Å²) in [6, 6.07) is 12.0. The second-order valence-electron chi connectivity index (χ2n) is 8.91. The Morgan fingerprint density at radius 2 is 1.89 bits per heavy atom. The molecule has 0 spiro atoms. The molecule has 0 radical (unpaired) electrons. The van der Waals surface area contributed by atoms with Gasteiger partial charge in [-0.05, 0) is 49.2 Å². The number of fused-ring (bicyclic) bond motifs is 1. The monoisotopic (exact) mass is 491 g/mol. The van der Waals surface area contributed by atoms with E-state index in [0.717, 1.165) is 55.9 Å². The molecule has 0 unspecified atom stereocenters. The summed E-state index contributed by atoms with van der Waals surface area (Å²) in [5, 5.41) is 19.1. The van der Waals surface area contributed by atoms with Gasteiger partial charge < -0.3 is 15.1 Å². The minimum absolute atomic E-state index is 0.217. The molecule has 7 nitrogen and oxygen atoms in total. The van der Waals surface area contributed by atoms with Crippen LogP contribution in [-0.4, -0.2) is 48.0 Å². The lowest BCUT2D eigenvalue weighted by molar-refractivity contribution is 0.585. The maximum atomic E-state index is 15.3. The highest BCUT2D eigenvalue weighted by Crippen LogP contribution is 2.45. The number of nitriles is 1. The van der Waals surface area contributed by atoms with E-state index in [4.69, 9.17) is 4.98 Å². The number of nitrogens with one attached hydrogen (secondary N) is 1. The van der Waals surface area contributed by atoms with Crippen LogP contribution in [0.1, 0.15) is 23.8 Å². The van der Waals surface area contributed by atoms with Crippen LogP contribution in [0.4, 0.5) is 25.4 Å². The predicted molar refractivity (Wildman–Crippen MR) is 133 cm³/mol. The van der Waals surface area contributed by atoms with Crippen LogP contribution in [0.2, 0.25) is 0 Å². The molecule has 0 atom stereocenters. The lowest BCUT2D eigenvalue weighted by Crippen LogP contribution is -2.43. The Bertz CT molecular complexity index is 1440. The third kappa shape index (κ3) is 3.90. The van der Waals surface area contributed by atoms with Gasteiger partial charge in [0, 0.05) is 49.9 Å². The lowest BCUT2D eigenvalue weighted by atomic mass is 10.1. The highest BCUT2D eigenvalue weighted by Gasteiger charge is 2.32. The van der Waals surface area contributed by atoms with Gasteiger partial charge in [-0.2, -0.15) is 10.4 Å². The van der Waals surface area contributed by atoms with Crippen molar-refractivity contribution in [3.05, 3.63) is 52.9 Å². The second-order valence-corrected chi connectivity index (χ2v) is 9.89.